The highest BCUT2D eigenvalue weighted by atomic mass is 79.9. The van der Waals surface area contributed by atoms with Crippen LogP contribution in [0.3, 0.4) is 0 Å². The molecule has 0 aliphatic rings. The number of aryl methyl sites for hydroxylation is 1. The molecule has 1 aromatic heterocycles. The summed E-state index contributed by atoms with van der Waals surface area (Å²) in [5.74, 6) is -0.896. The lowest BCUT2D eigenvalue weighted by Gasteiger charge is -1.94. The van der Waals surface area contributed by atoms with Crippen molar-refractivity contribution in [3.05, 3.63) is 33.9 Å². The number of hydrogen-bond acceptors (Lipinski definition) is 1. The molecule has 2 N–H and O–H groups in total. The first-order valence-electron chi connectivity index (χ1n) is 4.10. The molecule has 14 heavy (non-hydrogen) atoms. The van der Waals surface area contributed by atoms with Crippen molar-refractivity contribution in [2.45, 2.75) is 6.92 Å². The van der Waals surface area contributed by atoms with Crippen LogP contribution in [-0.2, 0) is 0 Å². The number of carboxylic acid groups (broad SMARTS) is 1. The highest BCUT2D eigenvalue weighted by Gasteiger charge is 2.14. The molecule has 0 fully saturated rings. The molecule has 0 saturated heterocycles. The monoisotopic (exact) mass is 253 g/mol. The predicted molar refractivity (Wildman–Crippen MR) is 57.7 cm³/mol. The average Bonchev–Trinajstić information content (AvgIpc) is 2.40. The van der Waals surface area contributed by atoms with Gasteiger partial charge in [0.05, 0.1) is 5.56 Å². The van der Waals surface area contributed by atoms with Crippen molar-refractivity contribution >= 4 is 32.8 Å². The van der Waals surface area contributed by atoms with Crippen LogP contribution in [0.4, 0.5) is 0 Å². The molecule has 2 rings (SSSR count). The van der Waals surface area contributed by atoms with E-state index in [0.717, 1.165) is 15.4 Å². The predicted octanol–water partition coefficient (Wildman–Crippen LogP) is 2.94. The lowest BCUT2D eigenvalue weighted by molar-refractivity contribution is 0.0698. The quantitative estimate of drug-likeness (QED) is 0.821. The van der Waals surface area contributed by atoms with Gasteiger partial charge in [-0.2, -0.15) is 0 Å². The summed E-state index contributed by atoms with van der Waals surface area (Å²) in [4.78, 5) is 14.0. The normalized spacial score (nSPS) is 10.7. The summed E-state index contributed by atoms with van der Waals surface area (Å²) in [6, 6.07) is 5.55. The number of aromatic nitrogens is 1. The van der Waals surface area contributed by atoms with Gasteiger partial charge in [0.2, 0.25) is 0 Å². The molecule has 1 heterocycles. The van der Waals surface area contributed by atoms with Gasteiger partial charge in [-0.1, -0.05) is 15.9 Å². The van der Waals surface area contributed by atoms with Crippen molar-refractivity contribution < 1.29 is 9.90 Å². The highest BCUT2D eigenvalue weighted by molar-refractivity contribution is 9.10. The smallest absolute Gasteiger partial charge is 0.338 e. The van der Waals surface area contributed by atoms with E-state index in [4.69, 9.17) is 5.11 Å². The first kappa shape index (κ1) is 9.27. The maximum absolute atomic E-state index is 11.0. The highest BCUT2D eigenvalue weighted by Crippen LogP contribution is 2.25. The summed E-state index contributed by atoms with van der Waals surface area (Å²) in [5.41, 5.74) is 1.88. The molecule has 72 valence electrons. The minimum absolute atomic E-state index is 0.348. The second kappa shape index (κ2) is 3.13. The Kier molecular flexibility index (Phi) is 2.07. The van der Waals surface area contributed by atoms with E-state index >= 15 is 0 Å². The Bertz CT molecular complexity index is 516. The van der Waals surface area contributed by atoms with Gasteiger partial charge in [-0.25, -0.2) is 4.79 Å². The minimum atomic E-state index is -0.896. The van der Waals surface area contributed by atoms with E-state index in [2.05, 4.69) is 20.9 Å². The summed E-state index contributed by atoms with van der Waals surface area (Å²) >= 11 is 3.32. The zero-order valence-electron chi connectivity index (χ0n) is 7.47. The third kappa shape index (κ3) is 1.32. The van der Waals surface area contributed by atoms with Crippen LogP contribution in [0.15, 0.2) is 22.7 Å². The molecule has 0 radical (unpaired) electrons. The molecule has 0 unspecified atom stereocenters. The first-order chi connectivity index (χ1) is 6.59. The molecule has 0 spiro atoms. The van der Waals surface area contributed by atoms with Gasteiger partial charge in [0, 0.05) is 21.1 Å². The molecule has 0 aliphatic heterocycles. The van der Waals surface area contributed by atoms with E-state index in [1.807, 2.05) is 18.2 Å². The van der Waals surface area contributed by atoms with E-state index in [9.17, 15) is 4.79 Å². The van der Waals surface area contributed by atoms with Gasteiger partial charge in [0.15, 0.2) is 0 Å². The Balaban J connectivity index is 2.86. The molecule has 0 atom stereocenters. The van der Waals surface area contributed by atoms with Gasteiger partial charge in [-0.3, -0.25) is 0 Å². The van der Waals surface area contributed by atoms with Gasteiger partial charge < -0.3 is 10.1 Å². The molecular weight excluding hydrogens is 246 g/mol. The summed E-state index contributed by atoms with van der Waals surface area (Å²) in [6.45, 7) is 1.76. The number of aromatic carboxylic acids is 1. The summed E-state index contributed by atoms with van der Waals surface area (Å²) < 4.78 is 0.881. The number of halogens is 1. The van der Waals surface area contributed by atoms with Crippen LogP contribution < -0.4 is 0 Å². The molecule has 1 aromatic carbocycles. The molecule has 0 aliphatic carbocycles. The van der Waals surface area contributed by atoms with Crippen molar-refractivity contribution in [2.24, 2.45) is 0 Å². The number of hydrogen-bond donors (Lipinski definition) is 2. The Morgan fingerprint density at radius 1 is 1.50 bits per heavy atom. The maximum atomic E-state index is 11.0. The first-order valence-corrected chi connectivity index (χ1v) is 4.90. The van der Waals surface area contributed by atoms with Gasteiger partial charge in [0.1, 0.15) is 0 Å². The molecule has 4 heteroatoms. The van der Waals surface area contributed by atoms with E-state index in [1.54, 1.807) is 6.92 Å². The number of carboxylic acids is 1. The maximum Gasteiger partial charge on any atom is 0.338 e. The largest absolute Gasteiger partial charge is 0.478 e. The van der Waals surface area contributed by atoms with Gasteiger partial charge in [-0.15, -0.1) is 0 Å². The van der Waals surface area contributed by atoms with Crippen LogP contribution in [0, 0.1) is 6.92 Å². The lowest BCUT2D eigenvalue weighted by Crippen LogP contribution is -1.96. The SMILES string of the molecule is Cc1[nH]c2ccc(Br)cc2c1C(=O)O. The average molecular weight is 254 g/mol. The molecule has 0 amide bonds. The third-order valence-electron chi connectivity index (χ3n) is 2.16. The second-order valence-corrected chi connectivity index (χ2v) is 4.04. The van der Waals surface area contributed by atoms with Crippen molar-refractivity contribution in [1.29, 1.82) is 0 Å². The number of H-pyrrole nitrogens is 1. The van der Waals surface area contributed by atoms with Gasteiger partial charge in [-0.05, 0) is 25.1 Å². The van der Waals surface area contributed by atoms with Crippen LogP contribution in [-0.4, -0.2) is 16.1 Å². The summed E-state index contributed by atoms with van der Waals surface area (Å²) in [6.07, 6.45) is 0. The zero-order chi connectivity index (χ0) is 10.3. The third-order valence-corrected chi connectivity index (χ3v) is 2.66. The van der Waals surface area contributed by atoms with Crippen LogP contribution in [0.1, 0.15) is 16.1 Å². The van der Waals surface area contributed by atoms with Crippen LogP contribution >= 0.6 is 15.9 Å². The van der Waals surface area contributed by atoms with Crippen LogP contribution in [0.25, 0.3) is 10.9 Å². The number of rotatable bonds is 1. The summed E-state index contributed by atoms with van der Waals surface area (Å²) in [5, 5.41) is 9.75. The van der Waals surface area contributed by atoms with E-state index < -0.39 is 5.97 Å². The number of carbonyl (C=O) groups is 1. The number of aromatic amines is 1. The molecule has 0 bridgehead atoms. The topological polar surface area (TPSA) is 53.1 Å². The Morgan fingerprint density at radius 3 is 2.86 bits per heavy atom. The number of nitrogens with one attached hydrogen (secondary N) is 1. The molecule has 0 saturated carbocycles. The Morgan fingerprint density at radius 2 is 2.21 bits per heavy atom. The van der Waals surface area contributed by atoms with Crippen LogP contribution in [0.2, 0.25) is 0 Å². The van der Waals surface area contributed by atoms with Gasteiger partial charge >= 0.3 is 5.97 Å². The molecule has 2 aromatic rings. The van der Waals surface area contributed by atoms with Gasteiger partial charge in [0.25, 0.3) is 0 Å². The van der Waals surface area contributed by atoms with Crippen LogP contribution in [0.5, 0.6) is 0 Å². The van der Waals surface area contributed by atoms with E-state index in [-0.39, 0.29) is 0 Å². The zero-order valence-corrected chi connectivity index (χ0v) is 9.05. The fraction of sp³-hybridized carbons (Fsp3) is 0.100. The fourth-order valence-corrected chi connectivity index (χ4v) is 1.94. The van der Waals surface area contributed by atoms with Crippen molar-refractivity contribution in [1.82, 2.24) is 4.98 Å². The number of fused-ring (bicyclic) bond motifs is 1. The number of benzene rings is 1. The summed E-state index contributed by atoms with van der Waals surface area (Å²) in [7, 11) is 0. The molecular formula is C10H8BrNO2. The van der Waals surface area contributed by atoms with Crippen molar-refractivity contribution in [2.75, 3.05) is 0 Å². The lowest BCUT2D eigenvalue weighted by atomic mass is 10.1. The fourth-order valence-electron chi connectivity index (χ4n) is 1.57. The van der Waals surface area contributed by atoms with E-state index in [0.29, 0.717) is 11.3 Å². The van der Waals surface area contributed by atoms with Crippen molar-refractivity contribution in [3.8, 4) is 0 Å². The molecule has 3 nitrogen and oxygen atoms in total. The van der Waals surface area contributed by atoms with E-state index in [1.165, 1.54) is 0 Å². The Hall–Kier alpha value is -1.29. The van der Waals surface area contributed by atoms with Crippen molar-refractivity contribution in [3.63, 3.8) is 0 Å². The second-order valence-electron chi connectivity index (χ2n) is 3.12. The standard InChI is InChI=1S/C10H8BrNO2/c1-5-9(10(13)14)7-4-6(11)2-3-8(7)12-5/h2-4,12H,1H3,(H,13,14). The minimum Gasteiger partial charge on any atom is -0.478 e. The Labute approximate surface area is 88.9 Å².